The maximum absolute atomic E-state index is 12.2. The topological polar surface area (TPSA) is 67.5 Å². The summed E-state index contributed by atoms with van der Waals surface area (Å²) >= 11 is 1.93. The molecule has 1 N–H and O–H groups in total. The van der Waals surface area contributed by atoms with E-state index in [9.17, 15) is 9.59 Å². The molecule has 0 radical (unpaired) electrons. The maximum Gasteiger partial charge on any atom is 0.419 e. The van der Waals surface area contributed by atoms with Crippen molar-refractivity contribution in [3.63, 3.8) is 0 Å². The Morgan fingerprint density at radius 2 is 2.36 bits per heavy atom. The van der Waals surface area contributed by atoms with Gasteiger partial charge in [0.15, 0.2) is 5.58 Å². The predicted octanol–water partition coefficient (Wildman–Crippen LogP) is 1.51. The van der Waals surface area contributed by atoms with Crippen LogP contribution in [0.5, 0.6) is 0 Å². The lowest BCUT2D eigenvalue weighted by atomic mass is 10.2. The van der Waals surface area contributed by atoms with Crippen molar-refractivity contribution in [2.24, 2.45) is 7.05 Å². The molecular weight excluding hydrogens is 302 g/mol. The zero-order valence-electron chi connectivity index (χ0n) is 12.7. The van der Waals surface area contributed by atoms with E-state index in [0.29, 0.717) is 29.4 Å². The van der Waals surface area contributed by atoms with Crippen molar-refractivity contribution in [2.75, 3.05) is 30.4 Å². The Balaban J connectivity index is 1.68. The van der Waals surface area contributed by atoms with E-state index < -0.39 is 5.76 Å². The molecule has 0 spiro atoms. The number of hydrogen-bond donors (Lipinski definition) is 1. The fourth-order valence-corrected chi connectivity index (χ4v) is 3.93. The van der Waals surface area contributed by atoms with E-state index in [-0.39, 0.29) is 5.91 Å². The molecule has 1 aromatic heterocycles. The molecule has 1 aromatic carbocycles. The molecule has 1 saturated heterocycles. The van der Waals surface area contributed by atoms with Crippen LogP contribution in [-0.4, -0.2) is 46.5 Å². The largest absolute Gasteiger partial charge is 0.419 e. The molecule has 0 bridgehead atoms. The molecule has 22 heavy (non-hydrogen) atoms. The zero-order chi connectivity index (χ0) is 15.7. The number of fused-ring (bicyclic) bond motifs is 1. The molecule has 1 aliphatic heterocycles. The molecule has 1 unspecified atom stereocenters. The standard InChI is InChI=1S/C15H19N3O3S/c1-17(11-5-6-22-9-11)8-14(19)16-10-3-4-13-12(7-10)18(2)15(20)21-13/h3-4,7,11H,5-6,8-9H2,1-2H3,(H,16,19). The Morgan fingerprint density at radius 1 is 1.55 bits per heavy atom. The minimum Gasteiger partial charge on any atom is -0.408 e. The van der Waals surface area contributed by atoms with Crippen LogP contribution in [0.1, 0.15) is 6.42 Å². The van der Waals surface area contributed by atoms with Crippen molar-refractivity contribution in [1.29, 1.82) is 0 Å². The third-order valence-electron chi connectivity index (χ3n) is 4.00. The van der Waals surface area contributed by atoms with Gasteiger partial charge in [-0.05, 0) is 37.4 Å². The molecule has 0 aliphatic carbocycles. The molecule has 118 valence electrons. The van der Waals surface area contributed by atoms with Crippen LogP contribution in [0, 0.1) is 0 Å². The van der Waals surface area contributed by atoms with Gasteiger partial charge in [-0.3, -0.25) is 14.3 Å². The van der Waals surface area contributed by atoms with Gasteiger partial charge in [-0.25, -0.2) is 4.79 Å². The first-order valence-corrected chi connectivity index (χ1v) is 8.37. The number of rotatable bonds is 4. The SMILES string of the molecule is CN(CC(=O)Nc1ccc2oc(=O)n(C)c2c1)C1CCSC1. The lowest BCUT2D eigenvalue weighted by molar-refractivity contribution is -0.117. The van der Waals surface area contributed by atoms with Crippen LogP contribution in [0.25, 0.3) is 11.1 Å². The van der Waals surface area contributed by atoms with Crippen molar-refractivity contribution < 1.29 is 9.21 Å². The van der Waals surface area contributed by atoms with Crippen LogP contribution >= 0.6 is 11.8 Å². The molecular formula is C15H19N3O3S. The third kappa shape index (κ3) is 3.05. The number of amides is 1. The summed E-state index contributed by atoms with van der Waals surface area (Å²) in [5.41, 5.74) is 1.86. The highest BCUT2D eigenvalue weighted by Crippen LogP contribution is 2.21. The maximum atomic E-state index is 12.2. The lowest BCUT2D eigenvalue weighted by Crippen LogP contribution is -2.37. The van der Waals surface area contributed by atoms with Crippen molar-refractivity contribution >= 4 is 34.5 Å². The van der Waals surface area contributed by atoms with Crippen molar-refractivity contribution in [3.8, 4) is 0 Å². The smallest absolute Gasteiger partial charge is 0.408 e. The van der Waals surface area contributed by atoms with Crippen molar-refractivity contribution in [2.45, 2.75) is 12.5 Å². The summed E-state index contributed by atoms with van der Waals surface area (Å²) in [6.07, 6.45) is 1.14. The van der Waals surface area contributed by atoms with Gasteiger partial charge >= 0.3 is 5.76 Å². The molecule has 1 amide bonds. The molecule has 2 heterocycles. The number of aryl methyl sites for hydroxylation is 1. The average Bonchev–Trinajstić information content (AvgIpc) is 3.10. The van der Waals surface area contributed by atoms with Crippen molar-refractivity contribution in [3.05, 3.63) is 28.7 Å². The number of anilines is 1. The number of carbonyl (C=O) groups is 1. The summed E-state index contributed by atoms with van der Waals surface area (Å²) in [6.45, 7) is 0.369. The normalized spacial score (nSPS) is 18.2. The first kappa shape index (κ1) is 15.2. The highest BCUT2D eigenvalue weighted by Gasteiger charge is 2.21. The van der Waals surface area contributed by atoms with Gasteiger partial charge in [0.1, 0.15) is 0 Å². The molecule has 2 aromatic rings. The molecule has 1 atom stereocenters. The second-order valence-electron chi connectivity index (χ2n) is 5.59. The van der Waals surface area contributed by atoms with Gasteiger partial charge in [-0.2, -0.15) is 11.8 Å². The summed E-state index contributed by atoms with van der Waals surface area (Å²) in [7, 11) is 3.63. The minimum atomic E-state index is -0.406. The highest BCUT2D eigenvalue weighted by atomic mass is 32.2. The van der Waals surface area contributed by atoms with Crippen molar-refractivity contribution in [1.82, 2.24) is 9.47 Å². The van der Waals surface area contributed by atoms with E-state index in [0.717, 1.165) is 12.2 Å². The van der Waals surface area contributed by atoms with Gasteiger partial charge in [0.2, 0.25) is 5.91 Å². The number of benzene rings is 1. The lowest BCUT2D eigenvalue weighted by Gasteiger charge is -2.22. The van der Waals surface area contributed by atoms with E-state index in [4.69, 9.17) is 4.42 Å². The van der Waals surface area contributed by atoms with Gasteiger partial charge in [0.25, 0.3) is 0 Å². The minimum absolute atomic E-state index is 0.0488. The molecule has 1 aliphatic rings. The second kappa shape index (κ2) is 6.18. The summed E-state index contributed by atoms with van der Waals surface area (Å²) in [6, 6.07) is 5.68. The van der Waals surface area contributed by atoms with Gasteiger partial charge in [-0.15, -0.1) is 0 Å². The first-order chi connectivity index (χ1) is 10.5. The van der Waals surface area contributed by atoms with Crippen LogP contribution in [-0.2, 0) is 11.8 Å². The average molecular weight is 321 g/mol. The number of hydrogen-bond acceptors (Lipinski definition) is 5. The Kier molecular flexibility index (Phi) is 4.26. The number of thioether (sulfide) groups is 1. The van der Waals surface area contributed by atoms with Crippen LogP contribution in [0.3, 0.4) is 0 Å². The highest BCUT2D eigenvalue weighted by molar-refractivity contribution is 7.99. The summed E-state index contributed by atoms with van der Waals surface area (Å²) in [4.78, 5) is 25.7. The number of oxazole rings is 1. The summed E-state index contributed by atoms with van der Waals surface area (Å²) in [5, 5.41) is 2.88. The van der Waals surface area contributed by atoms with E-state index in [1.807, 2.05) is 18.8 Å². The van der Waals surface area contributed by atoms with Gasteiger partial charge < -0.3 is 9.73 Å². The summed E-state index contributed by atoms with van der Waals surface area (Å²) in [5.74, 6) is 1.80. The molecule has 0 saturated carbocycles. The van der Waals surface area contributed by atoms with Gasteiger partial charge in [0, 0.05) is 24.5 Å². The van der Waals surface area contributed by atoms with E-state index in [1.54, 1.807) is 25.2 Å². The Labute approximate surface area is 132 Å². The van der Waals surface area contributed by atoms with E-state index in [2.05, 4.69) is 10.2 Å². The van der Waals surface area contributed by atoms with E-state index >= 15 is 0 Å². The Morgan fingerprint density at radius 3 is 3.09 bits per heavy atom. The fourth-order valence-electron chi connectivity index (χ4n) is 2.63. The summed E-state index contributed by atoms with van der Waals surface area (Å²) < 4.78 is 6.50. The van der Waals surface area contributed by atoms with E-state index in [1.165, 1.54) is 10.3 Å². The van der Waals surface area contributed by atoms with Crippen LogP contribution in [0.4, 0.5) is 5.69 Å². The number of nitrogens with one attached hydrogen (secondary N) is 1. The van der Waals surface area contributed by atoms with Crippen LogP contribution in [0.2, 0.25) is 0 Å². The third-order valence-corrected chi connectivity index (χ3v) is 5.14. The van der Waals surface area contributed by atoms with Gasteiger partial charge in [0.05, 0.1) is 12.1 Å². The predicted molar refractivity (Wildman–Crippen MR) is 88.4 cm³/mol. The number of nitrogens with zero attached hydrogens (tertiary/aromatic N) is 2. The van der Waals surface area contributed by atoms with Crippen LogP contribution in [0.15, 0.2) is 27.4 Å². The Hall–Kier alpha value is -1.73. The molecule has 6 nitrogen and oxygen atoms in total. The first-order valence-electron chi connectivity index (χ1n) is 7.22. The Bertz CT molecular complexity index is 746. The fraction of sp³-hybridized carbons (Fsp3) is 0.467. The molecule has 3 rings (SSSR count). The number of aromatic nitrogens is 1. The number of likely N-dealkylation sites (N-methyl/N-ethyl adjacent to an activating group) is 1. The van der Waals surface area contributed by atoms with Gasteiger partial charge in [-0.1, -0.05) is 0 Å². The van der Waals surface area contributed by atoms with Crippen LogP contribution < -0.4 is 11.1 Å². The molecule has 1 fully saturated rings. The quantitative estimate of drug-likeness (QED) is 0.924. The monoisotopic (exact) mass is 321 g/mol. The second-order valence-corrected chi connectivity index (χ2v) is 6.74. The number of carbonyl (C=O) groups excluding carboxylic acids is 1. The zero-order valence-corrected chi connectivity index (χ0v) is 13.5. The molecule has 7 heteroatoms.